The van der Waals surface area contributed by atoms with Gasteiger partial charge in [-0.2, -0.15) is 12.7 Å². The van der Waals surface area contributed by atoms with Crippen LogP contribution in [0.1, 0.15) is 44.8 Å². The fourth-order valence-electron chi connectivity index (χ4n) is 4.48. The van der Waals surface area contributed by atoms with Gasteiger partial charge in [-0.15, -0.1) is 0 Å². The van der Waals surface area contributed by atoms with Crippen molar-refractivity contribution in [2.24, 2.45) is 5.14 Å². The largest absolute Gasteiger partial charge is 0.478 e. The van der Waals surface area contributed by atoms with Crippen LogP contribution >= 0.6 is 23.2 Å². The van der Waals surface area contributed by atoms with E-state index in [0.717, 1.165) is 4.31 Å². The van der Waals surface area contributed by atoms with E-state index in [1.54, 1.807) is 31.2 Å². The molecule has 4 rings (SSSR count). The monoisotopic (exact) mass is 524 g/mol. The minimum atomic E-state index is -4.05. The van der Waals surface area contributed by atoms with Gasteiger partial charge in [-0.1, -0.05) is 35.3 Å². The average Bonchev–Trinajstić information content (AvgIpc) is 3.13. The zero-order valence-electron chi connectivity index (χ0n) is 18.1. The van der Waals surface area contributed by atoms with Crippen molar-refractivity contribution >= 4 is 56.2 Å². The smallest absolute Gasteiger partial charge is 0.335 e. The van der Waals surface area contributed by atoms with Gasteiger partial charge in [0.15, 0.2) is 0 Å². The van der Waals surface area contributed by atoms with E-state index < -0.39 is 27.6 Å². The second-order valence-electron chi connectivity index (χ2n) is 8.31. The minimum absolute atomic E-state index is 0.0158. The van der Waals surface area contributed by atoms with Crippen molar-refractivity contribution in [3.63, 3.8) is 0 Å². The van der Waals surface area contributed by atoms with Crippen LogP contribution in [0, 0.1) is 6.92 Å². The molecule has 0 spiro atoms. The normalized spacial score (nSPS) is 19.3. The van der Waals surface area contributed by atoms with Gasteiger partial charge in [0, 0.05) is 24.0 Å². The number of carboxylic acid groups (broad SMARTS) is 1. The maximum absolute atomic E-state index is 13.5. The summed E-state index contributed by atoms with van der Waals surface area (Å²) >= 11 is 12.5. The number of H-pyrrole nitrogens is 1. The molecule has 9 nitrogen and oxygen atoms in total. The number of hydrogen-bond acceptors (Lipinski definition) is 4. The van der Waals surface area contributed by atoms with Crippen LogP contribution < -0.4 is 10.5 Å². The number of nitrogens with one attached hydrogen (secondary N) is 2. The fraction of sp³-hybridized carbons (Fsp3) is 0.273. The topological polar surface area (TPSA) is 146 Å². The van der Waals surface area contributed by atoms with Crippen LogP contribution in [0.3, 0.4) is 0 Å². The number of nitrogens with two attached hydrogens (primary N) is 1. The highest BCUT2D eigenvalue weighted by atomic mass is 35.5. The van der Waals surface area contributed by atoms with E-state index in [-0.39, 0.29) is 24.3 Å². The predicted molar refractivity (Wildman–Crippen MR) is 130 cm³/mol. The number of halogens is 2. The Hall–Kier alpha value is -2.63. The molecule has 1 saturated heterocycles. The molecule has 2 heterocycles. The van der Waals surface area contributed by atoms with E-state index >= 15 is 0 Å². The number of nitrogens with zero attached hydrogens (tertiary/aromatic N) is 1. The molecule has 1 aliphatic rings. The van der Waals surface area contributed by atoms with E-state index in [1.165, 1.54) is 12.1 Å². The molecular weight excluding hydrogens is 503 g/mol. The molecule has 0 saturated carbocycles. The Morgan fingerprint density at radius 1 is 1.24 bits per heavy atom. The van der Waals surface area contributed by atoms with Gasteiger partial charge in [0.2, 0.25) is 0 Å². The molecule has 180 valence electrons. The molecule has 1 atom stereocenters. The van der Waals surface area contributed by atoms with Crippen LogP contribution in [-0.2, 0) is 15.7 Å². The Morgan fingerprint density at radius 2 is 1.97 bits per heavy atom. The molecule has 12 heteroatoms. The quantitative estimate of drug-likeness (QED) is 0.403. The van der Waals surface area contributed by atoms with Crippen molar-refractivity contribution in [2.75, 3.05) is 13.1 Å². The number of hydrogen-bond donors (Lipinski definition) is 4. The first kappa shape index (κ1) is 24.5. The molecule has 2 aromatic carbocycles. The summed E-state index contributed by atoms with van der Waals surface area (Å²) in [4.78, 5) is 28.1. The average molecular weight is 525 g/mol. The van der Waals surface area contributed by atoms with Crippen LogP contribution in [0.15, 0.2) is 36.4 Å². The van der Waals surface area contributed by atoms with Gasteiger partial charge in [0.1, 0.15) is 5.69 Å². The summed E-state index contributed by atoms with van der Waals surface area (Å²) in [6.07, 6.45) is 0.779. The molecule has 0 bridgehead atoms. The highest BCUT2D eigenvalue weighted by Gasteiger charge is 2.42. The van der Waals surface area contributed by atoms with Crippen LogP contribution in [0.4, 0.5) is 0 Å². The Morgan fingerprint density at radius 3 is 2.65 bits per heavy atom. The number of aromatic amines is 1. The molecule has 3 aromatic rings. The Labute approximate surface area is 206 Å². The number of amides is 1. The summed E-state index contributed by atoms with van der Waals surface area (Å²) < 4.78 is 25.4. The SMILES string of the molecule is Cc1c(C(=O)NC2(c3cccc(C(=O)O)c3)CCCN(S(N)(=O)=O)C2)[nH]c2ccc(Cl)c(Cl)c12. The molecule has 34 heavy (non-hydrogen) atoms. The third-order valence-corrected chi connectivity index (χ3v) is 8.00. The van der Waals surface area contributed by atoms with Crippen molar-refractivity contribution in [3.8, 4) is 0 Å². The summed E-state index contributed by atoms with van der Waals surface area (Å²) in [6.45, 7) is 1.77. The predicted octanol–water partition coefficient (Wildman–Crippen LogP) is 3.41. The summed E-state index contributed by atoms with van der Waals surface area (Å²) in [5, 5.41) is 19.1. The lowest BCUT2D eigenvalue weighted by atomic mass is 9.82. The number of aryl methyl sites for hydroxylation is 1. The minimum Gasteiger partial charge on any atom is -0.478 e. The molecule has 1 aliphatic heterocycles. The second-order valence-corrected chi connectivity index (χ2v) is 10.6. The molecule has 1 fully saturated rings. The lowest BCUT2D eigenvalue weighted by molar-refractivity contribution is 0.0696. The number of fused-ring (bicyclic) bond motifs is 1. The van der Waals surface area contributed by atoms with Gasteiger partial charge in [0.25, 0.3) is 16.1 Å². The summed E-state index contributed by atoms with van der Waals surface area (Å²) in [5.74, 6) is -1.64. The zero-order valence-corrected chi connectivity index (χ0v) is 20.4. The van der Waals surface area contributed by atoms with E-state index in [2.05, 4.69) is 10.3 Å². The zero-order chi connectivity index (χ0) is 24.8. The molecule has 1 aromatic heterocycles. The number of carbonyl (C=O) groups is 2. The number of carbonyl (C=O) groups excluding carboxylic acids is 1. The van der Waals surface area contributed by atoms with Gasteiger partial charge in [-0.25, -0.2) is 9.93 Å². The Balaban J connectivity index is 1.81. The van der Waals surface area contributed by atoms with Crippen LogP contribution in [0.2, 0.25) is 10.0 Å². The van der Waals surface area contributed by atoms with Crippen molar-refractivity contribution < 1.29 is 23.1 Å². The third-order valence-electron chi connectivity index (χ3n) is 6.16. The van der Waals surface area contributed by atoms with Crippen molar-refractivity contribution in [1.82, 2.24) is 14.6 Å². The fourth-order valence-corrected chi connectivity index (χ4v) is 5.72. The number of carboxylic acids is 1. The van der Waals surface area contributed by atoms with E-state index in [1.807, 2.05) is 0 Å². The molecule has 5 N–H and O–H groups in total. The standard InChI is InChI=1S/C22H22Cl2N4O5S/c1-12-17-16(7-6-15(23)18(17)24)26-19(12)20(29)27-22(8-3-9-28(11-22)34(25,32)33)14-5-2-4-13(10-14)21(30)31/h2,4-7,10,26H,3,8-9,11H2,1H3,(H,27,29)(H,30,31)(H2,25,32,33). The van der Waals surface area contributed by atoms with Gasteiger partial charge in [0.05, 0.1) is 21.1 Å². The Kier molecular flexibility index (Phi) is 6.38. The van der Waals surface area contributed by atoms with Crippen molar-refractivity contribution in [3.05, 3.63) is 68.8 Å². The highest BCUT2D eigenvalue weighted by molar-refractivity contribution is 7.86. The summed E-state index contributed by atoms with van der Waals surface area (Å²) in [7, 11) is -4.05. The highest BCUT2D eigenvalue weighted by Crippen LogP contribution is 2.36. The molecular formula is C22H22Cl2N4O5S. The summed E-state index contributed by atoms with van der Waals surface area (Å²) in [5.41, 5.74) is 0.701. The van der Waals surface area contributed by atoms with E-state index in [0.29, 0.717) is 44.9 Å². The number of rotatable bonds is 5. The lowest BCUT2D eigenvalue weighted by Crippen LogP contribution is -2.58. The second kappa shape index (κ2) is 8.86. The van der Waals surface area contributed by atoms with Crippen LogP contribution in [0.25, 0.3) is 10.9 Å². The third kappa shape index (κ3) is 4.39. The number of benzene rings is 2. The maximum Gasteiger partial charge on any atom is 0.335 e. The summed E-state index contributed by atoms with van der Waals surface area (Å²) in [6, 6.07) is 9.41. The van der Waals surface area contributed by atoms with Crippen molar-refractivity contribution in [1.29, 1.82) is 0 Å². The van der Waals surface area contributed by atoms with Gasteiger partial charge >= 0.3 is 5.97 Å². The first-order chi connectivity index (χ1) is 15.9. The first-order valence-electron chi connectivity index (χ1n) is 10.3. The maximum atomic E-state index is 13.5. The first-order valence-corrected chi connectivity index (χ1v) is 12.6. The van der Waals surface area contributed by atoms with Gasteiger partial charge < -0.3 is 15.4 Å². The Bertz CT molecular complexity index is 1420. The number of aromatic carboxylic acids is 1. The van der Waals surface area contributed by atoms with Gasteiger partial charge in [-0.3, -0.25) is 4.79 Å². The molecule has 1 amide bonds. The van der Waals surface area contributed by atoms with Crippen LogP contribution in [-0.4, -0.2) is 47.8 Å². The van der Waals surface area contributed by atoms with Crippen LogP contribution in [0.5, 0.6) is 0 Å². The number of piperidine rings is 1. The van der Waals surface area contributed by atoms with Gasteiger partial charge in [-0.05, 0) is 55.2 Å². The molecule has 0 aliphatic carbocycles. The number of aromatic nitrogens is 1. The molecule has 0 radical (unpaired) electrons. The molecule has 1 unspecified atom stereocenters. The van der Waals surface area contributed by atoms with E-state index in [9.17, 15) is 23.1 Å². The van der Waals surface area contributed by atoms with Crippen molar-refractivity contribution in [2.45, 2.75) is 25.3 Å². The lowest BCUT2D eigenvalue weighted by Gasteiger charge is -2.42. The van der Waals surface area contributed by atoms with E-state index in [4.69, 9.17) is 28.3 Å².